The van der Waals surface area contributed by atoms with Gasteiger partial charge in [0.2, 0.25) is 0 Å². The third-order valence-electron chi connectivity index (χ3n) is 3.03. The molecule has 0 unspecified atom stereocenters. The number of carbonyl (C=O) groups excluding carboxylic acids is 2. The molecule has 0 fully saturated rings. The first kappa shape index (κ1) is 15.0. The molecular formula is C16H12N2O4S. The maximum atomic E-state index is 12.2. The number of anilines is 1. The summed E-state index contributed by atoms with van der Waals surface area (Å²) < 4.78 is 5.92. The fourth-order valence-corrected chi connectivity index (χ4v) is 2.86. The molecule has 0 aliphatic rings. The van der Waals surface area contributed by atoms with Gasteiger partial charge in [-0.25, -0.2) is 4.98 Å². The number of aldehydes is 1. The van der Waals surface area contributed by atoms with Gasteiger partial charge in [0.1, 0.15) is 18.1 Å². The fourth-order valence-electron chi connectivity index (χ4n) is 1.97. The Morgan fingerprint density at radius 2 is 2.04 bits per heavy atom. The molecule has 1 aromatic heterocycles. The first-order valence-electron chi connectivity index (χ1n) is 6.73. The summed E-state index contributed by atoms with van der Waals surface area (Å²) in [6.45, 7) is -0.0237. The van der Waals surface area contributed by atoms with Crippen LogP contribution in [-0.2, 0) is 4.79 Å². The lowest BCUT2D eigenvalue weighted by molar-refractivity contribution is -0.109. The zero-order valence-corrected chi connectivity index (χ0v) is 12.7. The third kappa shape index (κ3) is 3.46. The predicted octanol–water partition coefficient (Wildman–Crippen LogP) is 2.83. The van der Waals surface area contributed by atoms with Crippen LogP contribution in [0.2, 0.25) is 0 Å². The highest BCUT2D eigenvalue weighted by atomic mass is 32.1. The van der Waals surface area contributed by atoms with E-state index in [0.29, 0.717) is 28.2 Å². The summed E-state index contributed by atoms with van der Waals surface area (Å²) in [5, 5.41) is 12.6. The Morgan fingerprint density at radius 1 is 1.26 bits per heavy atom. The molecule has 3 aromatic rings. The van der Waals surface area contributed by atoms with Crippen LogP contribution in [0.25, 0.3) is 10.2 Å². The Morgan fingerprint density at radius 3 is 2.78 bits per heavy atom. The molecule has 0 saturated heterocycles. The van der Waals surface area contributed by atoms with Gasteiger partial charge in [0, 0.05) is 5.56 Å². The second-order valence-electron chi connectivity index (χ2n) is 4.63. The number of fused-ring (bicyclic) bond motifs is 1. The zero-order chi connectivity index (χ0) is 16.2. The van der Waals surface area contributed by atoms with Crippen molar-refractivity contribution in [1.29, 1.82) is 0 Å². The first-order valence-corrected chi connectivity index (χ1v) is 7.55. The van der Waals surface area contributed by atoms with Crippen LogP contribution < -0.4 is 10.1 Å². The minimum atomic E-state index is -0.296. The molecule has 1 heterocycles. The van der Waals surface area contributed by atoms with E-state index in [-0.39, 0.29) is 18.3 Å². The van der Waals surface area contributed by atoms with E-state index in [9.17, 15) is 14.7 Å². The number of phenols is 1. The standard InChI is InChI=1S/C16H12N2O4S/c19-7-8-22-12-4-1-10(2-5-12)15(21)18-16-17-13-6-3-11(20)9-14(13)23-16/h1-7,9,20H,8H2,(H,17,18,21). The molecule has 0 bridgehead atoms. The predicted molar refractivity (Wildman–Crippen MR) is 87.2 cm³/mol. The van der Waals surface area contributed by atoms with Gasteiger partial charge in [-0.3, -0.25) is 14.9 Å². The Hall–Kier alpha value is -2.93. The number of aromatic hydroxyl groups is 1. The van der Waals surface area contributed by atoms with Crippen LogP contribution in [0.4, 0.5) is 5.13 Å². The molecule has 1 amide bonds. The Bertz CT molecular complexity index is 858. The second kappa shape index (κ2) is 6.45. The van der Waals surface area contributed by atoms with Crippen molar-refractivity contribution in [2.75, 3.05) is 11.9 Å². The molecule has 6 nitrogen and oxygen atoms in total. The largest absolute Gasteiger partial charge is 0.508 e. The van der Waals surface area contributed by atoms with E-state index < -0.39 is 0 Å². The number of hydrogen-bond acceptors (Lipinski definition) is 6. The number of benzene rings is 2. The van der Waals surface area contributed by atoms with Gasteiger partial charge in [-0.05, 0) is 42.5 Å². The molecule has 0 aliphatic carbocycles. The molecular weight excluding hydrogens is 316 g/mol. The van der Waals surface area contributed by atoms with Crippen molar-refractivity contribution in [3.05, 3.63) is 48.0 Å². The quantitative estimate of drug-likeness (QED) is 0.703. The number of phenolic OH excluding ortho intramolecular Hbond substituents is 1. The van der Waals surface area contributed by atoms with E-state index in [2.05, 4.69) is 10.3 Å². The van der Waals surface area contributed by atoms with E-state index in [0.717, 1.165) is 4.70 Å². The number of ether oxygens (including phenoxy) is 1. The lowest BCUT2D eigenvalue weighted by Gasteiger charge is -2.04. The van der Waals surface area contributed by atoms with Crippen molar-refractivity contribution in [2.24, 2.45) is 0 Å². The van der Waals surface area contributed by atoms with Crippen molar-refractivity contribution in [3.8, 4) is 11.5 Å². The first-order chi connectivity index (χ1) is 11.2. The smallest absolute Gasteiger partial charge is 0.257 e. The van der Waals surface area contributed by atoms with Gasteiger partial charge in [0.25, 0.3) is 5.91 Å². The van der Waals surface area contributed by atoms with Gasteiger partial charge in [-0.2, -0.15) is 0 Å². The SMILES string of the molecule is O=CCOc1ccc(C(=O)Nc2nc3ccc(O)cc3s2)cc1. The maximum absolute atomic E-state index is 12.2. The Labute approximate surface area is 135 Å². The fraction of sp³-hybridized carbons (Fsp3) is 0.0625. The average Bonchev–Trinajstić information content (AvgIpc) is 2.94. The van der Waals surface area contributed by atoms with Crippen LogP contribution in [0.5, 0.6) is 11.5 Å². The topological polar surface area (TPSA) is 88.5 Å². The highest BCUT2D eigenvalue weighted by Crippen LogP contribution is 2.29. The number of carbonyl (C=O) groups is 2. The van der Waals surface area contributed by atoms with Gasteiger partial charge in [-0.15, -0.1) is 0 Å². The number of aromatic nitrogens is 1. The molecule has 2 N–H and O–H groups in total. The zero-order valence-electron chi connectivity index (χ0n) is 11.9. The molecule has 0 saturated carbocycles. The number of amides is 1. The molecule has 3 rings (SSSR count). The van der Waals surface area contributed by atoms with Crippen LogP contribution >= 0.6 is 11.3 Å². The highest BCUT2D eigenvalue weighted by Gasteiger charge is 2.10. The molecule has 116 valence electrons. The summed E-state index contributed by atoms with van der Waals surface area (Å²) in [4.78, 5) is 26.7. The molecule has 2 aromatic carbocycles. The van der Waals surface area contributed by atoms with E-state index >= 15 is 0 Å². The maximum Gasteiger partial charge on any atom is 0.257 e. The summed E-state index contributed by atoms with van der Waals surface area (Å²) in [5.74, 6) is 0.379. The summed E-state index contributed by atoms with van der Waals surface area (Å²) >= 11 is 1.28. The van der Waals surface area contributed by atoms with Gasteiger partial charge in [0.05, 0.1) is 10.2 Å². The molecule has 23 heavy (non-hydrogen) atoms. The van der Waals surface area contributed by atoms with E-state index in [1.807, 2.05) is 0 Å². The lowest BCUT2D eigenvalue weighted by atomic mass is 10.2. The third-order valence-corrected chi connectivity index (χ3v) is 3.96. The monoisotopic (exact) mass is 328 g/mol. The minimum Gasteiger partial charge on any atom is -0.508 e. The minimum absolute atomic E-state index is 0.0237. The van der Waals surface area contributed by atoms with Crippen LogP contribution in [0, 0.1) is 0 Å². The van der Waals surface area contributed by atoms with Crippen LogP contribution in [0.3, 0.4) is 0 Å². The second-order valence-corrected chi connectivity index (χ2v) is 5.66. The molecule has 0 aliphatic heterocycles. The number of thiazole rings is 1. The number of nitrogens with zero attached hydrogens (tertiary/aromatic N) is 1. The Balaban J connectivity index is 1.73. The van der Waals surface area contributed by atoms with Crippen molar-refractivity contribution < 1.29 is 19.4 Å². The number of nitrogens with one attached hydrogen (secondary N) is 1. The van der Waals surface area contributed by atoms with Crippen molar-refractivity contribution in [1.82, 2.24) is 4.98 Å². The van der Waals surface area contributed by atoms with Crippen molar-refractivity contribution >= 4 is 38.9 Å². The molecule has 0 atom stereocenters. The van der Waals surface area contributed by atoms with Crippen LogP contribution in [0.1, 0.15) is 10.4 Å². The van der Waals surface area contributed by atoms with Crippen LogP contribution in [0.15, 0.2) is 42.5 Å². The lowest BCUT2D eigenvalue weighted by Crippen LogP contribution is -2.11. The van der Waals surface area contributed by atoms with Crippen molar-refractivity contribution in [2.45, 2.75) is 0 Å². The summed E-state index contributed by atoms with van der Waals surface area (Å²) in [5.41, 5.74) is 1.16. The number of hydrogen-bond donors (Lipinski definition) is 2. The highest BCUT2D eigenvalue weighted by molar-refractivity contribution is 7.22. The van der Waals surface area contributed by atoms with Gasteiger partial charge < -0.3 is 9.84 Å². The van der Waals surface area contributed by atoms with Crippen molar-refractivity contribution in [3.63, 3.8) is 0 Å². The summed E-state index contributed by atoms with van der Waals surface area (Å²) in [6.07, 6.45) is 0.658. The van der Waals surface area contributed by atoms with E-state index in [1.165, 1.54) is 11.3 Å². The molecule has 7 heteroatoms. The Kier molecular flexibility index (Phi) is 4.20. The van der Waals surface area contributed by atoms with Gasteiger partial charge in [0.15, 0.2) is 11.4 Å². The van der Waals surface area contributed by atoms with Gasteiger partial charge >= 0.3 is 0 Å². The van der Waals surface area contributed by atoms with E-state index in [1.54, 1.807) is 42.5 Å². The molecule has 0 spiro atoms. The van der Waals surface area contributed by atoms with Crippen LogP contribution in [-0.4, -0.2) is 28.9 Å². The molecule has 0 radical (unpaired) electrons. The van der Waals surface area contributed by atoms with Gasteiger partial charge in [-0.1, -0.05) is 11.3 Å². The number of rotatable bonds is 5. The average molecular weight is 328 g/mol. The normalized spacial score (nSPS) is 10.4. The van der Waals surface area contributed by atoms with E-state index in [4.69, 9.17) is 4.74 Å². The summed E-state index contributed by atoms with van der Waals surface area (Å²) in [7, 11) is 0. The summed E-state index contributed by atoms with van der Waals surface area (Å²) in [6, 6.07) is 11.3.